The summed E-state index contributed by atoms with van der Waals surface area (Å²) >= 11 is 0. The lowest BCUT2D eigenvalue weighted by Gasteiger charge is -2.02. The van der Waals surface area contributed by atoms with Crippen LogP contribution in [0.4, 0.5) is 5.82 Å². The molecule has 0 aliphatic rings. The Morgan fingerprint density at radius 2 is 1.88 bits per heavy atom. The van der Waals surface area contributed by atoms with Crippen molar-refractivity contribution in [3.05, 3.63) is 48.0 Å². The zero-order valence-corrected chi connectivity index (χ0v) is 9.47. The molecule has 0 saturated carbocycles. The van der Waals surface area contributed by atoms with E-state index in [-0.39, 0.29) is 0 Å². The Hall–Kier alpha value is -2.29. The minimum atomic E-state index is 0.441. The quantitative estimate of drug-likeness (QED) is 0.689. The first-order chi connectivity index (χ1) is 8.24. The molecule has 2 N–H and O–H groups in total. The van der Waals surface area contributed by atoms with Crippen LogP contribution in [0, 0.1) is 6.92 Å². The van der Waals surface area contributed by atoms with E-state index in [1.54, 1.807) is 0 Å². The monoisotopic (exact) mass is 224 g/mol. The molecule has 0 saturated heterocycles. The van der Waals surface area contributed by atoms with Crippen LogP contribution in [0.5, 0.6) is 0 Å². The highest BCUT2D eigenvalue weighted by molar-refractivity contribution is 5.90. The third-order valence-corrected chi connectivity index (χ3v) is 2.85. The predicted molar refractivity (Wildman–Crippen MR) is 68.6 cm³/mol. The fourth-order valence-electron chi connectivity index (χ4n) is 1.96. The first-order valence-corrected chi connectivity index (χ1v) is 5.46. The zero-order valence-electron chi connectivity index (χ0n) is 9.47. The molecule has 84 valence electrons. The molecule has 17 heavy (non-hydrogen) atoms. The second-order valence-corrected chi connectivity index (χ2v) is 4.15. The van der Waals surface area contributed by atoms with Gasteiger partial charge in [0.25, 0.3) is 0 Å². The molecule has 3 rings (SSSR count). The molecule has 0 fully saturated rings. The Morgan fingerprint density at radius 1 is 1.06 bits per heavy atom. The maximum Gasteiger partial charge on any atom is 0.174 e. The molecule has 0 spiro atoms. The van der Waals surface area contributed by atoms with E-state index in [1.807, 2.05) is 24.3 Å². The Kier molecular flexibility index (Phi) is 2.11. The Labute approximate surface area is 98.8 Å². The highest BCUT2D eigenvalue weighted by atomic mass is 16.5. The maximum atomic E-state index is 5.68. The number of fused-ring (bicyclic) bond motifs is 1. The summed E-state index contributed by atoms with van der Waals surface area (Å²) in [6.07, 6.45) is 0. The molecule has 0 radical (unpaired) electrons. The van der Waals surface area contributed by atoms with Crippen molar-refractivity contribution in [3.63, 3.8) is 0 Å². The van der Waals surface area contributed by atoms with Gasteiger partial charge in [-0.1, -0.05) is 41.1 Å². The van der Waals surface area contributed by atoms with E-state index in [0.29, 0.717) is 5.82 Å². The molecule has 0 amide bonds. The average molecular weight is 224 g/mol. The molecule has 1 heterocycles. The van der Waals surface area contributed by atoms with Gasteiger partial charge in [0.1, 0.15) is 0 Å². The minimum Gasteiger partial charge on any atom is -0.380 e. The van der Waals surface area contributed by atoms with E-state index in [2.05, 4.69) is 30.3 Å². The van der Waals surface area contributed by atoms with Gasteiger partial charge in [0.15, 0.2) is 11.4 Å². The van der Waals surface area contributed by atoms with Crippen LogP contribution in [0.25, 0.3) is 22.1 Å². The summed E-state index contributed by atoms with van der Waals surface area (Å²) in [4.78, 5) is 0. The van der Waals surface area contributed by atoms with Crippen molar-refractivity contribution in [2.24, 2.45) is 0 Å². The second-order valence-electron chi connectivity index (χ2n) is 4.15. The zero-order chi connectivity index (χ0) is 11.8. The number of aromatic nitrogens is 1. The van der Waals surface area contributed by atoms with Crippen molar-refractivity contribution >= 4 is 16.8 Å². The highest BCUT2D eigenvalue weighted by Gasteiger charge is 2.06. The number of anilines is 1. The normalized spacial score (nSPS) is 10.9. The van der Waals surface area contributed by atoms with Crippen LogP contribution in [-0.4, -0.2) is 5.16 Å². The van der Waals surface area contributed by atoms with Gasteiger partial charge < -0.3 is 10.3 Å². The van der Waals surface area contributed by atoms with Crippen molar-refractivity contribution in [2.75, 3.05) is 5.73 Å². The standard InChI is InChI=1S/C14H12N2O/c1-9-3-2-4-10(7-9)11-5-6-12-13(8-11)17-16-14(12)15/h2-8H,1H3,(H2,15,16). The largest absolute Gasteiger partial charge is 0.380 e. The summed E-state index contributed by atoms with van der Waals surface area (Å²) in [7, 11) is 0. The molecule has 0 atom stereocenters. The lowest BCUT2D eigenvalue weighted by atomic mass is 10.0. The number of aryl methyl sites for hydroxylation is 1. The van der Waals surface area contributed by atoms with Crippen molar-refractivity contribution in [3.8, 4) is 11.1 Å². The summed E-state index contributed by atoms with van der Waals surface area (Å²) < 4.78 is 5.17. The van der Waals surface area contributed by atoms with Gasteiger partial charge in [-0.2, -0.15) is 0 Å². The summed E-state index contributed by atoms with van der Waals surface area (Å²) in [6.45, 7) is 2.08. The van der Waals surface area contributed by atoms with E-state index >= 15 is 0 Å². The van der Waals surface area contributed by atoms with E-state index < -0.39 is 0 Å². The van der Waals surface area contributed by atoms with Crippen LogP contribution in [0.2, 0.25) is 0 Å². The molecule has 0 aliphatic heterocycles. The van der Waals surface area contributed by atoms with Crippen LogP contribution >= 0.6 is 0 Å². The summed E-state index contributed by atoms with van der Waals surface area (Å²) in [5.41, 5.74) is 9.92. The average Bonchev–Trinajstić information content (AvgIpc) is 2.71. The van der Waals surface area contributed by atoms with Gasteiger partial charge in [-0.25, -0.2) is 0 Å². The second kappa shape index (κ2) is 3.63. The summed E-state index contributed by atoms with van der Waals surface area (Å²) in [5, 5.41) is 4.61. The van der Waals surface area contributed by atoms with Crippen molar-refractivity contribution in [1.29, 1.82) is 0 Å². The van der Waals surface area contributed by atoms with Crippen LogP contribution < -0.4 is 5.73 Å². The number of nitrogen functional groups attached to an aromatic ring is 1. The molecule has 0 bridgehead atoms. The number of hydrogen-bond donors (Lipinski definition) is 1. The number of rotatable bonds is 1. The molecule has 3 heteroatoms. The Morgan fingerprint density at radius 3 is 2.71 bits per heavy atom. The fourth-order valence-corrected chi connectivity index (χ4v) is 1.96. The van der Waals surface area contributed by atoms with Crippen molar-refractivity contribution < 1.29 is 4.52 Å². The number of benzene rings is 2. The van der Waals surface area contributed by atoms with Crippen molar-refractivity contribution in [1.82, 2.24) is 5.16 Å². The molecule has 1 aromatic heterocycles. The molecule has 0 aliphatic carbocycles. The summed E-state index contributed by atoms with van der Waals surface area (Å²) in [6, 6.07) is 14.3. The van der Waals surface area contributed by atoms with E-state index in [4.69, 9.17) is 10.3 Å². The lowest BCUT2D eigenvalue weighted by Crippen LogP contribution is -1.83. The van der Waals surface area contributed by atoms with Crippen LogP contribution in [0.15, 0.2) is 47.0 Å². The van der Waals surface area contributed by atoms with Gasteiger partial charge in [0, 0.05) is 0 Å². The third kappa shape index (κ3) is 1.65. The molecule has 0 unspecified atom stereocenters. The summed E-state index contributed by atoms with van der Waals surface area (Å²) in [5.74, 6) is 0.441. The van der Waals surface area contributed by atoms with Gasteiger partial charge in [-0.15, -0.1) is 0 Å². The minimum absolute atomic E-state index is 0.441. The molecule has 3 nitrogen and oxygen atoms in total. The van der Waals surface area contributed by atoms with Gasteiger partial charge in [-0.3, -0.25) is 0 Å². The first-order valence-electron chi connectivity index (χ1n) is 5.46. The topological polar surface area (TPSA) is 52.0 Å². The smallest absolute Gasteiger partial charge is 0.174 e. The number of nitrogens with zero attached hydrogens (tertiary/aromatic N) is 1. The molecule has 3 aromatic rings. The van der Waals surface area contributed by atoms with E-state index in [1.165, 1.54) is 11.1 Å². The molecular weight excluding hydrogens is 212 g/mol. The van der Waals surface area contributed by atoms with Crippen LogP contribution in [-0.2, 0) is 0 Å². The van der Waals surface area contributed by atoms with Gasteiger partial charge in [0.2, 0.25) is 0 Å². The van der Waals surface area contributed by atoms with E-state index in [9.17, 15) is 0 Å². The molecular formula is C14H12N2O. The molecule has 2 aromatic carbocycles. The van der Waals surface area contributed by atoms with Crippen LogP contribution in [0.1, 0.15) is 5.56 Å². The number of hydrogen-bond acceptors (Lipinski definition) is 3. The number of nitrogens with two attached hydrogens (primary N) is 1. The van der Waals surface area contributed by atoms with Gasteiger partial charge in [-0.05, 0) is 30.2 Å². The Balaban J connectivity index is 2.18. The highest BCUT2D eigenvalue weighted by Crippen LogP contribution is 2.27. The SMILES string of the molecule is Cc1cccc(-c2ccc3c(N)noc3c2)c1. The van der Waals surface area contributed by atoms with Gasteiger partial charge in [0.05, 0.1) is 5.39 Å². The van der Waals surface area contributed by atoms with Crippen LogP contribution in [0.3, 0.4) is 0 Å². The lowest BCUT2D eigenvalue weighted by molar-refractivity contribution is 0.460. The van der Waals surface area contributed by atoms with Crippen molar-refractivity contribution in [2.45, 2.75) is 6.92 Å². The first kappa shape index (κ1) is 9.90. The Bertz CT molecular complexity index is 686. The van der Waals surface area contributed by atoms with Gasteiger partial charge >= 0.3 is 0 Å². The predicted octanol–water partition coefficient (Wildman–Crippen LogP) is 3.39. The van der Waals surface area contributed by atoms with E-state index in [0.717, 1.165) is 16.5 Å². The maximum absolute atomic E-state index is 5.68. The third-order valence-electron chi connectivity index (χ3n) is 2.85. The fraction of sp³-hybridized carbons (Fsp3) is 0.0714.